The highest BCUT2D eigenvalue weighted by Gasteiger charge is 2.13. The number of pyridine rings is 1. The third kappa shape index (κ3) is 2.28. The first kappa shape index (κ1) is 13.1. The number of nitrogens with two attached hydrogens (primary N) is 1. The van der Waals surface area contributed by atoms with Gasteiger partial charge in [0.1, 0.15) is 0 Å². The van der Waals surface area contributed by atoms with Crippen molar-refractivity contribution in [3.63, 3.8) is 0 Å². The van der Waals surface area contributed by atoms with Gasteiger partial charge in [-0.1, -0.05) is 35.9 Å². The zero-order valence-electron chi connectivity index (χ0n) is 11.2. The second-order valence-electron chi connectivity index (χ2n) is 4.89. The van der Waals surface area contributed by atoms with Crippen molar-refractivity contribution < 1.29 is 0 Å². The molecule has 0 aliphatic heterocycles. The molecule has 3 aromatic rings. The van der Waals surface area contributed by atoms with Crippen LogP contribution in [0.3, 0.4) is 0 Å². The summed E-state index contributed by atoms with van der Waals surface area (Å²) in [4.78, 5) is 4.32. The molecule has 2 aromatic carbocycles. The molecule has 0 spiro atoms. The molecule has 0 saturated heterocycles. The molecule has 0 bridgehead atoms. The molecule has 3 rings (SSSR count). The highest BCUT2D eigenvalue weighted by molar-refractivity contribution is 6.31. The van der Waals surface area contributed by atoms with Crippen LogP contribution < -0.4 is 5.73 Å². The maximum atomic E-state index is 6.40. The molecule has 0 radical (unpaired) electrons. The Hall–Kier alpha value is -1.90. The maximum Gasteiger partial charge on any atom is 0.0702 e. The number of benzene rings is 2. The number of fused-ring (bicyclic) bond motifs is 1. The fraction of sp³-hybridized carbons (Fsp3) is 0.118. The van der Waals surface area contributed by atoms with Crippen molar-refractivity contribution in [1.29, 1.82) is 0 Å². The summed E-state index contributed by atoms with van der Waals surface area (Å²) >= 11 is 6.17. The Morgan fingerprint density at radius 1 is 1.10 bits per heavy atom. The van der Waals surface area contributed by atoms with E-state index in [9.17, 15) is 0 Å². The van der Waals surface area contributed by atoms with Crippen molar-refractivity contribution in [2.24, 2.45) is 5.73 Å². The third-order valence-electron chi connectivity index (χ3n) is 3.63. The van der Waals surface area contributed by atoms with Gasteiger partial charge < -0.3 is 5.73 Å². The topological polar surface area (TPSA) is 38.9 Å². The highest BCUT2D eigenvalue weighted by atomic mass is 35.5. The minimum atomic E-state index is -0.182. The van der Waals surface area contributed by atoms with Gasteiger partial charge in [0.05, 0.1) is 11.6 Å². The van der Waals surface area contributed by atoms with Crippen LogP contribution in [0.25, 0.3) is 10.9 Å². The summed E-state index contributed by atoms with van der Waals surface area (Å²) in [5, 5.41) is 1.85. The SMILES string of the molecule is Cc1c(Cl)cccc1C(N)c1ccc2ncccc2c1. The van der Waals surface area contributed by atoms with E-state index < -0.39 is 0 Å². The van der Waals surface area contributed by atoms with Crippen molar-refractivity contribution in [3.8, 4) is 0 Å². The minimum Gasteiger partial charge on any atom is -0.320 e. The lowest BCUT2D eigenvalue weighted by Crippen LogP contribution is -2.13. The molecule has 0 fully saturated rings. The second-order valence-corrected chi connectivity index (χ2v) is 5.29. The Morgan fingerprint density at radius 3 is 2.80 bits per heavy atom. The molecule has 1 unspecified atom stereocenters. The molecule has 2 N–H and O–H groups in total. The van der Waals surface area contributed by atoms with Crippen molar-refractivity contribution in [2.75, 3.05) is 0 Å². The average molecular weight is 283 g/mol. The van der Waals surface area contributed by atoms with Crippen molar-refractivity contribution in [3.05, 3.63) is 76.4 Å². The Balaban J connectivity index is 2.08. The lowest BCUT2D eigenvalue weighted by molar-refractivity contribution is 0.863. The van der Waals surface area contributed by atoms with Crippen LogP contribution in [0.4, 0.5) is 0 Å². The van der Waals surface area contributed by atoms with Gasteiger partial charge in [0.2, 0.25) is 0 Å². The molecule has 1 heterocycles. The normalized spacial score (nSPS) is 12.6. The molecule has 0 amide bonds. The standard InChI is InChI=1S/C17H15ClN2/c1-11-14(5-2-6-15(11)18)17(19)13-7-8-16-12(10-13)4-3-9-20-16/h2-10,17H,19H2,1H3. The van der Waals surface area contributed by atoms with E-state index in [-0.39, 0.29) is 6.04 Å². The quantitative estimate of drug-likeness (QED) is 0.763. The monoisotopic (exact) mass is 282 g/mol. The lowest BCUT2D eigenvalue weighted by atomic mass is 9.95. The van der Waals surface area contributed by atoms with Crippen LogP contribution >= 0.6 is 11.6 Å². The van der Waals surface area contributed by atoms with Crippen LogP contribution in [-0.2, 0) is 0 Å². The van der Waals surface area contributed by atoms with Gasteiger partial charge in [-0.2, -0.15) is 0 Å². The maximum absolute atomic E-state index is 6.40. The van der Waals surface area contributed by atoms with Crippen LogP contribution in [0.5, 0.6) is 0 Å². The number of aromatic nitrogens is 1. The van der Waals surface area contributed by atoms with Gasteiger partial charge in [-0.3, -0.25) is 4.98 Å². The van der Waals surface area contributed by atoms with Gasteiger partial charge in [-0.05, 0) is 47.9 Å². The number of halogens is 1. The number of nitrogens with zero attached hydrogens (tertiary/aromatic N) is 1. The van der Waals surface area contributed by atoms with E-state index in [1.54, 1.807) is 6.20 Å². The van der Waals surface area contributed by atoms with E-state index in [0.29, 0.717) is 0 Å². The van der Waals surface area contributed by atoms with Gasteiger partial charge in [-0.25, -0.2) is 0 Å². The van der Waals surface area contributed by atoms with Crippen LogP contribution in [-0.4, -0.2) is 4.98 Å². The molecule has 0 aliphatic rings. The van der Waals surface area contributed by atoms with E-state index in [4.69, 9.17) is 17.3 Å². The molecular formula is C17H15ClN2. The summed E-state index contributed by atoms with van der Waals surface area (Å²) in [6.45, 7) is 2.00. The van der Waals surface area contributed by atoms with E-state index >= 15 is 0 Å². The van der Waals surface area contributed by atoms with Gasteiger partial charge >= 0.3 is 0 Å². The van der Waals surface area contributed by atoms with Crippen LogP contribution in [0, 0.1) is 6.92 Å². The smallest absolute Gasteiger partial charge is 0.0702 e. The Morgan fingerprint density at radius 2 is 1.95 bits per heavy atom. The minimum absolute atomic E-state index is 0.182. The van der Waals surface area contributed by atoms with E-state index in [1.165, 1.54) is 0 Å². The van der Waals surface area contributed by atoms with E-state index in [0.717, 1.165) is 32.6 Å². The van der Waals surface area contributed by atoms with Gasteiger partial charge in [0, 0.05) is 16.6 Å². The van der Waals surface area contributed by atoms with Crippen LogP contribution in [0.15, 0.2) is 54.7 Å². The zero-order chi connectivity index (χ0) is 14.1. The largest absolute Gasteiger partial charge is 0.320 e. The second kappa shape index (κ2) is 5.23. The zero-order valence-corrected chi connectivity index (χ0v) is 11.9. The lowest BCUT2D eigenvalue weighted by Gasteiger charge is -2.16. The van der Waals surface area contributed by atoms with Gasteiger partial charge in [0.25, 0.3) is 0 Å². The van der Waals surface area contributed by atoms with Crippen molar-refractivity contribution in [2.45, 2.75) is 13.0 Å². The first-order chi connectivity index (χ1) is 9.66. The fourth-order valence-electron chi connectivity index (χ4n) is 2.43. The molecule has 1 atom stereocenters. The molecule has 2 nitrogen and oxygen atoms in total. The molecule has 3 heteroatoms. The molecule has 0 aliphatic carbocycles. The van der Waals surface area contributed by atoms with E-state index in [1.807, 2.05) is 49.4 Å². The van der Waals surface area contributed by atoms with Gasteiger partial charge in [0.15, 0.2) is 0 Å². The summed E-state index contributed by atoms with van der Waals surface area (Å²) < 4.78 is 0. The first-order valence-electron chi connectivity index (χ1n) is 6.52. The van der Waals surface area contributed by atoms with Crippen LogP contribution in [0.1, 0.15) is 22.7 Å². The van der Waals surface area contributed by atoms with Crippen molar-refractivity contribution >= 4 is 22.5 Å². The Bertz CT molecular complexity index is 768. The molecular weight excluding hydrogens is 268 g/mol. The molecule has 1 aromatic heterocycles. The third-order valence-corrected chi connectivity index (χ3v) is 4.04. The summed E-state index contributed by atoms with van der Waals surface area (Å²) in [5.74, 6) is 0. The number of hydrogen-bond donors (Lipinski definition) is 1. The summed E-state index contributed by atoms with van der Waals surface area (Å²) in [6, 6.07) is 15.8. The predicted molar refractivity (Wildman–Crippen MR) is 84.0 cm³/mol. The average Bonchev–Trinajstić information content (AvgIpc) is 2.49. The van der Waals surface area contributed by atoms with Crippen molar-refractivity contribution in [1.82, 2.24) is 4.98 Å². The molecule has 100 valence electrons. The summed E-state index contributed by atoms with van der Waals surface area (Å²) in [7, 11) is 0. The molecule has 20 heavy (non-hydrogen) atoms. The number of hydrogen-bond acceptors (Lipinski definition) is 2. The summed E-state index contributed by atoms with van der Waals surface area (Å²) in [5.41, 5.74) is 10.5. The Labute approximate surface area is 123 Å². The molecule has 0 saturated carbocycles. The first-order valence-corrected chi connectivity index (χ1v) is 6.90. The fourth-order valence-corrected chi connectivity index (χ4v) is 2.61. The summed E-state index contributed by atoms with van der Waals surface area (Å²) in [6.07, 6.45) is 1.79. The predicted octanol–water partition coefficient (Wildman–Crippen LogP) is 4.24. The van der Waals surface area contributed by atoms with Crippen LogP contribution in [0.2, 0.25) is 5.02 Å². The Kier molecular flexibility index (Phi) is 3.43. The highest BCUT2D eigenvalue weighted by Crippen LogP contribution is 2.28. The van der Waals surface area contributed by atoms with Gasteiger partial charge in [-0.15, -0.1) is 0 Å². The van der Waals surface area contributed by atoms with E-state index in [2.05, 4.69) is 11.1 Å². The number of rotatable bonds is 2.